The normalized spacial score (nSPS) is 10.5. The van der Waals surface area contributed by atoms with E-state index in [1.54, 1.807) is 36.4 Å². The molecule has 0 radical (unpaired) electrons. The van der Waals surface area contributed by atoms with Crippen molar-refractivity contribution in [2.45, 2.75) is 20.4 Å². The van der Waals surface area contributed by atoms with Gasteiger partial charge in [-0.15, -0.1) is 0 Å². The Morgan fingerprint density at radius 3 is 2.64 bits per heavy atom. The zero-order chi connectivity index (χ0) is 19.9. The van der Waals surface area contributed by atoms with Gasteiger partial charge in [0.1, 0.15) is 0 Å². The average molecular weight is 402 g/mol. The van der Waals surface area contributed by atoms with Gasteiger partial charge in [0.2, 0.25) is 0 Å². The molecule has 146 valence electrons. The topological polar surface area (TPSA) is 86.5 Å². The maximum Gasteiger partial charge on any atom is 0.258 e. The number of aromatic nitrogens is 2. The predicted molar refractivity (Wildman–Crippen MR) is 105 cm³/mol. The molecule has 0 unspecified atom stereocenters. The molecular weight excluding hydrogens is 382 g/mol. The van der Waals surface area contributed by atoms with Crippen LogP contribution in [-0.4, -0.2) is 29.3 Å². The molecule has 0 bridgehead atoms. The molecule has 3 aromatic rings. The van der Waals surface area contributed by atoms with Crippen LogP contribution in [-0.2, 0) is 6.54 Å². The molecule has 0 saturated carbocycles. The molecule has 0 aliphatic heterocycles. The lowest BCUT2D eigenvalue weighted by Gasteiger charge is -2.12. The zero-order valence-corrected chi connectivity index (χ0v) is 16.3. The average Bonchev–Trinajstić information content (AvgIpc) is 3.17. The number of carbonyl (C=O) groups excluding carboxylic acids is 1. The number of nitrogens with zero attached hydrogens (tertiary/aromatic N) is 2. The minimum Gasteiger partial charge on any atom is -0.490 e. The highest BCUT2D eigenvalue weighted by Crippen LogP contribution is 2.28. The molecule has 0 spiro atoms. The van der Waals surface area contributed by atoms with Crippen molar-refractivity contribution in [1.82, 2.24) is 15.5 Å². The van der Waals surface area contributed by atoms with Gasteiger partial charge in [0.05, 0.1) is 19.8 Å². The lowest BCUT2D eigenvalue weighted by atomic mass is 10.2. The third-order valence-corrected chi connectivity index (χ3v) is 3.99. The molecule has 28 heavy (non-hydrogen) atoms. The fraction of sp³-hybridized carbons (Fsp3) is 0.250. The first-order valence-electron chi connectivity index (χ1n) is 8.87. The second kappa shape index (κ2) is 9.23. The van der Waals surface area contributed by atoms with Crippen molar-refractivity contribution in [3.05, 3.63) is 58.9 Å². The second-order valence-corrected chi connectivity index (χ2v) is 6.17. The van der Waals surface area contributed by atoms with Gasteiger partial charge in [0.25, 0.3) is 11.8 Å². The summed E-state index contributed by atoms with van der Waals surface area (Å²) in [6.07, 6.45) is 0. The molecule has 0 saturated heterocycles. The molecule has 0 aliphatic carbocycles. The Morgan fingerprint density at radius 2 is 1.89 bits per heavy atom. The lowest BCUT2D eigenvalue weighted by Crippen LogP contribution is -2.23. The summed E-state index contributed by atoms with van der Waals surface area (Å²) in [6.45, 7) is 4.87. The maximum atomic E-state index is 12.5. The van der Waals surface area contributed by atoms with Crippen molar-refractivity contribution >= 4 is 17.5 Å². The summed E-state index contributed by atoms with van der Waals surface area (Å²) in [4.78, 5) is 16.7. The van der Waals surface area contributed by atoms with E-state index in [4.69, 9.17) is 25.6 Å². The highest BCUT2D eigenvalue weighted by atomic mass is 35.5. The fourth-order valence-electron chi connectivity index (χ4n) is 2.52. The summed E-state index contributed by atoms with van der Waals surface area (Å²) in [5, 5.41) is 7.23. The number of amides is 1. The third-order valence-electron chi connectivity index (χ3n) is 3.75. The van der Waals surface area contributed by atoms with E-state index in [9.17, 15) is 4.79 Å². The van der Waals surface area contributed by atoms with E-state index in [1.807, 2.05) is 19.9 Å². The van der Waals surface area contributed by atoms with Crippen LogP contribution in [0.4, 0.5) is 0 Å². The maximum absolute atomic E-state index is 12.5. The summed E-state index contributed by atoms with van der Waals surface area (Å²) in [5.41, 5.74) is 1.16. The summed E-state index contributed by atoms with van der Waals surface area (Å²) < 4.78 is 16.3. The van der Waals surface area contributed by atoms with Gasteiger partial charge in [0.15, 0.2) is 17.3 Å². The summed E-state index contributed by atoms with van der Waals surface area (Å²) in [6, 6.07) is 12.1. The lowest BCUT2D eigenvalue weighted by molar-refractivity contribution is 0.0949. The molecule has 1 N–H and O–H groups in total. The van der Waals surface area contributed by atoms with E-state index < -0.39 is 0 Å². The van der Waals surface area contributed by atoms with Gasteiger partial charge < -0.3 is 19.3 Å². The number of rotatable bonds is 8. The van der Waals surface area contributed by atoms with Crippen molar-refractivity contribution < 1.29 is 18.8 Å². The molecule has 7 nitrogen and oxygen atoms in total. The molecule has 1 heterocycles. The largest absolute Gasteiger partial charge is 0.490 e. The van der Waals surface area contributed by atoms with Gasteiger partial charge in [-0.2, -0.15) is 4.98 Å². The SMILES string of the molecule is CCOc1ccc(C(=O)NCc2noc(-c3cccc(Cl)c3)n2)cc1OCC. The van der Waals surface area contributed by atoms with Gasteiger partial charge in [-0.05, 0) is 50.2 Å². The van der Waals surface area contributed by atoms with E-state index in [-0.39, 0.29) is 12.5 Å². The van der Waals surface area contributed by atoms with Crippen molar-refractivity contribution in [2.24, 2.45) is 0 Å². The quantitative estimate of drug-likeness (QED) is 0.611. The highest BCUT2D eigenvalue weighted by molar-refractivity contribution is 6.30. The third kappa shape index (κ3) is 4.80. The van der Waals surface area contributed by atoms with Gasteiger partial charge in [-0.25, -0.2) is 0 Å². The molecule has 0 fully saturated rings. The molecule has 2 aromatic carbocycles. The fourth-order valence-corrected chi connectivity index (χ4v) is 2.71. The molecule has 0 aliphatic rings. The summed E-state index contributed by atoms with van der Waals surface area (Å²) in [5.74, 6) is 1.55. The predicted octanol–water partition coefficient (Wildman–Crippen LogP) is 4.12. The standard InChI is InChI=1S/C20H20ClN3O4/c1-3-26-16-9-8-13(11-17(16)27-4-2)19(25)22-12-18-23-20(28-24-18)14-6-5-7-15(21)10-14/h5-11H,3-4,12H2,1-2H3,(H,22,25). The Labute approximate surface area is 167 Å². The van der Waals surface area contributed by atoms with Gasteiger partial charge >= 0.3 is 0 Å². The van der Waals surface area contributed by atoms with Crippen LogP contribution in [0.5, 0.6) is 11.5 Å². The number of benzene rings is 2. The Morgan fingerprint density at radius 1 is 1.11 bits per heavy atom. The molecule has 1 amide bonds. The summed E-state index contributed by atoms with van der Waals surface area (Å²) in [7, 11) is 0. The highest BCUT2D eigenvalue weighted by Gasteiger charge is 2.14. The minimum atomic E-state index is -0.280. The van der Waals surface area contributed by atoms with E-state index in [2.05, 4.69) is 15.5 Å². The van der Waals surface area contributed by atoms with Crippen LogP contribution >= 0.6 is 11.6 Å². The zero-order valence-electron chi connectivity index (χ0n) is 15.6. The van der Waals surface area contributed by atoms with Crippen molar-refractivity contribution in [1.29, 1.82) is 0 Å². The molecule has 1 aromatic heterocycles. The minimum absolute atomic E-state index is 0.125. The molecule has 3 rings (SSSR count). The number of ether oxygens (including phenoxy) is 2. The molecular formula is C20H20ClN3O4. The number of nitrogens with one attached hydrogen (secondary N) is 1. The smallest absolute Gasteiger partial charge is 0.258 e. The van der Waals surface area contributed by atoms with Crippen molar-refractivity contribution in [3.63, 3.8) is 0 Å². The number of hydrogen-bond donors (Lipinski definition) is 1. The monoisotopic (exact) mass is 401 g/mol. The number of halogens is 1. The first-order chi connectivity index (χ1) is 13.6. The van der Waals surface area contributed by atoms with Crippen molar-refractivity contribution in [2.75, 3.05) is 13.2 Å². The van der Waals surface area contributed by atoms with Crippen LogP contribution in [0, 0.1) is 0 Å². The van der Waals surface area contributed by atoms with Crippen LogP contribution in [0.1, 0.15) is 30.0 Å². The van der Waals surface area contributed by atoms with Crippen LogP contribution in [0.15, 0.2) is 47.0 Å². The van der Waals surface area contributed by atoms with Gasteiger partial charge in [-0.3, -0.25) is 4.79 Å². The summed E-state index contributed by atoms with van der Waals surface area (Å²) >= 11 is 5.97. The number of carbonyl (C=O) groups is 1. The van der Waals surface area contributed by atoms with Crippen LogP contribution in [0.2, 0.25) is 5.02 Å². The van der Waals surface area contributed by atoms with Crippen LogP contribution in [0.3, 0.4) is 0 Å². The van der Waals surface area contributed by atoms with E-state index in [0.717, 1.165) is 0 Å². The Balaban J connectivity index is 1.66. The van der Waals surface area contributed by atoms with Crippen molar-refractivity contribution in [3.8, 4) is 23.0 Å². The van der Waals surface area contributed by atoms with Crippen LogP contribution < -0.4 is 14.8 Å². The first-order valence-corrected chi connectivity index (χ1v) is 9.24. The Bertz CT molecular complexity index is 958. The van der Waals surface area contributed by atoms with Gasteiger partial charge in [-0.1, -0.05) is 22.8 Å². The molecule has 8 heteroatoms. The van der Waals surface area contributed by atoms with E-state index in [0.29, 0.717) is 52.6 Å². The Kier molecular flexibility index (Phi) is 6.49. The van der Waals surface area contributed by atoms with Gasteiger partial charge in [0, 0.05) is 16.1 Å². The van der Waals surface area contributed by atoms with E-state index in [1.165, 1.54) is 0 Å². The Hall–Kier alpha value is -3.06. The van der Waals surface area contributed by atoms with Crippen LogP contribution in [0.25, 0.3) is 11.5 Å². The van der Waals surface area contributed by atoms with E-state index >= 15 is 0 Å². The first kappa shape index (κ1) is 19.7. The molecule has 0 atom stereocenters. The number of hydrogen-bond acceptors (Lipinski definition) is 6. The second-order valence-electron chi connectivity index (χ2n) is 5.74.